The number of anilines is 2. The van der Waals surface area contributed by atoms with E-state index in [0.717, 1.165) is 19.3 Å². The number of nitrogens with zero attached hydrogens (tertiary/aromatic N) is 2. The van der Waals surface area contributed by atoms with E-state index in [4.69, 9.17) is 17.3 Å². The van der Waals surface area contributed by atoms with Crippen LogP contribution in [0.2, 0.25) is 5.02 Å². The maximum absolute atomic E-state index is 13.1. The minimum absolute atomic E-state index is 0.00286. The molecule has 1 aromatic heterocycles. The standard InChI is InChI=1S/C24H34ClN5O4/c1-3-5-7-16-29(20-21(26)30(15-6-4-2)24(34)28-23(20)33)19(31)9-8-14-27-22(32)17-10-12-18(25)13-11-17/h10-13H,3-9,14-16,26H2,1-2H3,(H,27,32)(H,28,33,34). The number of unbranched alkanes of at least 4 members (excludes halogenated alkanes) is 3. The summed E-state index contributed by atoms with van der Waals surface area (Å²) in [6, 6.07) is 6.52. The first kappa shape index (κ1) is 27.2. The van der Waals surface area contributed by atoms with Gasteiger partial charge in [-0.15, -0.1) is 0 Å². The Morgan fingerprint density at radius 2 is 1.74 bits per heavy atom. The highest BCUT2D eigenvalue weighted by atomic mass is 35.5. The first-order chi connectivity index (χ1) is 16.3. The molecule has 0 unspecified atom stereocenters. The molecule has 34 heavy (non-hydrogen) atoms. The summed E-state index contributed by atoms with van der Waals surface area (Å²) in [6.07, 6.45) is 4.58. The van der Waals surface area contributed by atoms with Crippen molar-refractivity contribution in [3.63, 3.8) is 0 Å². The molecule has 0 saturated heterocycles. The number of aromatic nitrogens is 2. The molecule has 10 heteroatoms. The number of halogens is 1. The summed E-state index contributed by atoms with van der Waals surface area (Å²) in [7, 11) is 0. The number of H-pyrrole nitrogens is 1. The van der Waals surface area contributed by atoms with Gasteiger partial charge in [0, 0.05) is 36.6 Å². The van der Waals surface area contributed by atoms with Gasteiger partial charge in [-0.05, 0) is 43.5 Å². The van der Waals surface area contributed by atoms with Crippen LogP contribution >= 0.6 is 11.6 Å². The Morgan fingerprint density at radius 3 is 2.38 bits per heavy atom. The van der Waals surface area contributed by atoms with Gasteiger partial charge in [-0.1, -0.05) is 44.7 Å². The molecule has 2 amide bonds. The zero-order valence-electron chi connectivity index (χ0n) is 19.9. The van der Waals surface area contributed by atoms with Gasteiger partial charge in [0.1, 0.15) is 5.82 Å². The average molecular weight is 492 g/mol. The van der Waals surface area contributed by atoms with Gasteiger partial charge in [-0.25, -0.2) is 4.79 Å². The molecule has 0 aliphatic rings. The summed E-state index contributed by atoms with van der Waals surface area (Å²) < 4.78 is 1.31. The molecule has 2 aromatic rings. The van der Waals surface area contributed by atoms with E-state index in [-0.39, 0.29) is 36.3 Å². The highest BCUT2D eigenvalue weighted by molar-refractivity contribution is 6.30. The van der Waals surface area contributed by atoms with E-state index < -0.39 is 11.2 Å². The van der Waals surface area contributed by atoms with Gasteiger partial charge >= 0.3 is 5.69 Å². The number of nitrogens with one attached hydrogen (secondary N) is 2. The average Bonchev–Trinajstić information content (AvgIpc) is 2.80. The smallest absolute Gasteiger partial charge is 0.330 e. The molecule has 0 atom stereocenters. The van der Waals surface area contributed by atoms with Crippen LogP contribution < -0.4 is 27.2 Å². The summed E-state index contributed by atoms with van der Waals surface area (Å²) in [5.41, 5.74) is 5.47. The summed E-state index contributed by atoms with van der Waals surface area (Å²) >= 11 is 5.84. The van der Waals surface area contributed by atoms with Gasteiger partial charge in [0.05, 0.1) is 0 Å². The Labute approximate surface area is 204 Å². The van der Waals surface area contributed by atoms with Crippen molar-refractivity contribution in [2.24, 2.45) is 0 Å². The number of rotatable bonds is 13. The predicted molar refractivity (Wildman–Crippen MR) is 136 cm³/mol. The highest BCUT2D eigenvalue weighted by Crippen LogP contribution is 2.19. The maximum atomic E-state index is 13.1. The molecule has 1 aromatic carbocycles. The number of hydrogen-bond acceptors (Lipinski definition) is 5. The van der Waals surface area contributed by atoms with Gasteiger partial charge < -0.3 is 16.0 Å². The lowest BCUT2D eigenvalue weighted by molar-refractivity contribution is -0.118. The van der Waals surface area contributed by atoms with E-state index in [1.165, 1.54) is 9.47 Å². The van der Waals surface area contributed by atoms with Gasteiger partial charge in [0.2, 0.25) is 5.91 Å². The van der Waals surface area contributed by atoms with Crippen LogP contribution in [0, 0.1) is 0 Å². The molecule has 9 nitrogen and oxygen atoms in total. The third-order valence-electron chi connectivity index (χ3n) is 5.47. The van der Waals surface area contributed by atoms with Crippen molar-refractivity contribution in [3.8, 4) is 0 Å². The van der Waals surface area contributed by atoms with Gasteiger partial charge in [0.15, 0.2) is 5.69 Å². The molecule has 0 aliphatic carbocycles. The molecule has 0 bridgehead atoms. The zero-order chi connectivity index (χ0) is 25.1. The lowest BCUT2D eigenvalue weighted by Crippen LogP contribution is -2.41. The number of amides is 2. The van der Waals surface area contributed by atoms with Crippen LogP contribution in [0.5, 0.6) is 0 Å². The van der Waals surface area contributed by atoms with Crippen LogP contribution in [-0.4, -0.2) is 34.5 Å². The van der Waals surface area contributed by atoms with Crippen LogP contribution in [0.15, 0.2) is 33.9 Å². The van der Waals surface area contributed by atoms with Crippen molar-refractivity contribution < 1.29 is 9.59 Å². The topological polar surface area (TPSA) is 130 Å². The second-order valence-corrected chi connectivity index (χ2v) is 8.55. The van der Waals surface area contributed by atoms with E-state index in [0.29, 0.717) is 42.9 Å². The number of nitrogen functional groups attached to an aromatic ring is 1. The summed E-state index contributed by atoms with van der Waals surface area (Å²) in [4.78, 5) is 53.9. The Balaban J connectivity index is 2.12. The van der Waals surface area contributed by atoms with E-state index >= 15 is 0 Å². The molecular weight excluding hydrogens is 458 g/mol. The van der Waals surface area contributed by atoms with E-state index in [1.807, 2.05) is 13.8 Å². The first-order valence-electron chi connectivity index (χ1n) is 11.8. The van der Waals surface area contributed by atoms with Crippen molar-refractivity contribution in [2.75, 3.05) is 23.7 Å². The largest absolute Gasteiger partial charge is 0.383 e. The Kier molecular flexibility index (Phi) is 10.9. The Morgan fingerprint density at radius 1 is 1.06 bits per heavy atom. The summed E-state index contributed by atoms with van der Waals surface area (Å²) in [5.74, 6) is -0.537. The third kappa shape index (κ3) is 7.48. The maximum Gasteiger partial charge on any atom is 0.330 e. The number of hydrogen-bond donors (Lipinski definition) is 3. The molecule has 0 spiro atoms. The van der Waals surface area contributed by atoms with Crippen molar-refractivity contribution in [3.05, 3.63) is 55.7 Å². The molecule has 186 valence electrons. The quantitative estimate of drug-likeness (QED) is 0.370. The van der Waals surface area contributed by atoms with Gasteiger partial charge in [-0.3, -0.25) is 23.9 Å². The number of carbonyl (C=O) groups excluding carboxylic acids is 2. The molecule has 0 aliphatic heterocycles. The lowest BCUT2D eigenvalue weighted by Gasteiger charge is -2.24. The molecular formula is C24H34ClN5O4. The van der Waals surface area contributed by atoms with Crippen LogP contribution in [0.4, 0.5) is 11.5 Å². The van der Waals surface area contributed by atoms with E-state index in [2.05, 4.69) is 10.3 Å². The second kappa shape index (κ2) is 13.6. The number of nitrogens with two attached hydrogens (primary N) is 1. The molecule has 0 fully saturated rings. The number of carbonyl (C=O) groups is 2. The van der Waals surface area contributed by atoms with Crippen molar-refractivity contribution in [2.45, 2.75) is 65.3 Å². The summed E-state index contributed by atoms with van der Waals surface area (Å²) in [6.45, 7) is 5.00. The molecule has 0 saturated carbocycles. The third-order valence-corrected chi connectivity index (χ3v) is 5.72. The van der Waals surface area contributed by atoms with Crippen LogP contribution in [0.3, 0.4) is 0 Å². The summed E-state index contributed by atoms with van der Waals surface area (Å²) in [5, 5.41) is 3.32. The number of benzene rings is 1. The van der Waals surface area contributed by atoms with E-state index in [1.54, 1.807) is 24.3 Å². The predicted octanol–water partition coefficient (Wildman–Crippen LogP) is 3.31. The SMILES string of the molecule is CCCCCN(C(=O)CCCNC(=O)c1ccc(Cl)cc1)c1c(N)n(CCCC)c(=O)[nH]c1=O. The first-order valence-corrected chi connectivity index (χ1v) is 12.1. The fourth-order valence-corrected chi connectivity index (χ4v) is 3.66. The molecule has 0 radical (unpaired) electrons. The Hall–Kier alpha value is -3.07. The molecule has 1 heterocycles. The number of aromatic amines is 1. The monoisotopic (exact) mass is 491 g/mol. The Bertz CT molecular complexity index is 1080. The lowest BCUT2D eigenvalue weighted by atomic mass is 10.2. The molecule has 2 rings (SSSR count). The minimum Gasteiger partial charge on any atom is -0.383 e. The molecule has 4 N–H and O–H groups in total. The van der Waals surface area contributed by atoms with Gasteiger partial charge in [-0.2, -0.15) is 0 Å². The minimum atomic E-state index is -0.670. The highest BCUT2D eigenvalue weighted by Gasteiger charge is 2.23. The van der Waals surface area contributed by atoms with Crippen molar-refractivity contribution in [1.29, 1.82) is 0 Å². The van der Waals surface area contributed by atoms with Gasteiger partial charge in [0.25, 0.3) is 11.5 Å². The van der Waals surface area contributed by atoms with Crippen molar-refractivity contribution in [1.82, 2.24) is 14.9 Å². The zero-order valence-corrected chi connectivity index (χ0v) is 20.6. The normalized spacial score (nSPS) is 10.8. The second-order valence-electron chi connectivity index (χ2n) is 8.12. The van der Waals surface area contributed by atoms with E-state index in [9.17, 15) is 19.2 Å². The van der Waals surface area contributed by atoms with Crippen LogP contribution in [-0.2, 0) is 11.3 Å². The van der Waals surface area contributed by atoms with Crippen molar-refractivity contribution >= 4 is 34.9 Å². The fraction of sp³-hybridized carbons (Fsp3) is 0.500. The van der Waals surface area contributed by atoms with Crippen LogP contribution in [0.25, 0.3) is 0 Å². The van der Waals surface area contributed by atoms with Crippen LogP contribution in [0.1, 0.15) is 69.2 Å². The fourth-order valence-electron chi connectivity index (χ4n) is 3.54.